The van der Waals surface area contributed by atoms with Crippen molar-refractivity contribution in [1.82, 2.24) is 0 Å². The van der Waals surface area contributed by atoms with Gasteiger partial charge in [-0.05, 0) is 42.3 Å². The number of rotatable bonds is 2. The molecule has 2 aromatic carbocycles. The molecule has 0 aromatic heterocycles. The van der Waals surface area contributed by atoms with Gasteiger partial charge in [-0.15, -0.1) is 0 Å². The first kappa shape index (κ1) is 17.2. The van der Waals surface area contributed by atoms with E-state index < -0.39 is 17.7 Å². The molecule has 7 heteroatoms. The average molecular weight is 346 g/mol. The number of aryl methyl sites for hydroxylation is 1. The Labute approximate surface area is 133 Å². The molecule has 1 nitrogen and oxygen atoms in total. The molecule has 2 aromatic rings. The van der Waals surface area contributed by atoms with E-state index in [0.29, 0.717) is 23.3 Å². The maximum Gasteiger partial charge on any atom is 0.458 e. The fraction of sp³-hybridized carbons (Fsp3) is 0.188. The minimum atomic E-state index is -5.71. The summed E-state index contributed by atoms with van der Waals surface area (Å²) in [5, 5.41) is 8.93. The van der Waals surface area contributed by atoms with Gasteiger partial charge in [-0.1, -0.05) is 23.7 Å². The van der Waals surface area contributed by atoms with Crippen LogP contribution in [0.2, 0.25) is 5.02 Å². The molecule has 0 radical (unpaired) electrons. The summed E-state index contributed by atoms with van der Waals surface area (Å²) in [6, 6.07) is 8.70. The third kappa shape index (κ3) is 3.15. The van der Waals surface area contributed by atoms with Crippen molar-refractivity contribution in [2.24, 2.45) is 0 Å². The number of halogens is 6. The fourth-order valence-corrected chi connectivity index (χ4v) is 2.29. The van der Waals surface area contributed by atoms with Crippen LogP contribution < -0.4 is 0 Å². The van der Waals surface area contributed by atoms with Crippen molar-refractivity contribution in [3.8, 4) is 17.2 Å². The summed E-state index contributed by atoms with van der Waals surface area (Å²) < 4.78 is 64.6. The highest BCUT2D eigenvalue weighted by molar-refractivity contribution is 6.33. The topological polar surface area (TPSA) is 23.8 Å². The van der Waals surface area contributed by atoms with Crippen LogP contribution in [0.15, 0.2) is 36.4 Å². The van der Waals surface area contributed by atoms with Crippen LogP contribution in [0.3, 0.4) is 0 Å². The lowest BCUT2D eigenvalue weighted by molar-refractivity contribution is -0.289. The predicted molar refractivity (Wildman–Crippen MR) is 76.3 cm³/mol. The van der Waals surface area contributed by atoms with Gasteiger partial charge in [-0.2, -0.15) is 27.2 Å². The van der Waals surface area contributed by atoms with Crippen LogP contribution in [-0.4, -0.2) is 6.18 Å². The Balaban J connectivity index is 2.67. The van der Waals surface area contributed by atoms with Gasteiger partial charge in [0.2, 0.25) is 0 Å². The molecular formula is C16H9ClF5N. The first-order valence-electron chi connectivity index (χ1n) is 6.33. The van der Waals surface area contributed by atoms with E-state index in [2.05, 4.69) is 0 Å². The second-order valence-electron chi connectivity index (χ2n) is 4.91. The minimum Gasteiger partial charge on any atom is -0.192 e. The molecule has 0 aliphatic rings. The Morgan fingerprint density at radius 2 is 1.61 bits per heavy atom. The van der Waals surface area contributed by atoms with Gasteiger partial charge < -0.3 is 0 Å². The highest BCUT2D eigenvalue weighted by Gasteiger charge is 2.58. The van der Waals surface area contributed by atoms with Gasteiger partial charge >= 0.3 is 12.1 Å². The normalized spacial score (nSPS) is 12.1. The van der Waals surface area contributed by atoms with Gasteiger partial charge in [0.15, 0.2) is 0 Å². The van der Waals surface area contributed by atoms with Crippen LogP contribution in [-0.2, 0) is 5.92 Å². The summed E-state index contributed by atoms with van der Waals surface area (Å²) in [7, 11) is 0. The average Bonchev–Trinajstić information content (AvgIpc) is 2.47. The van der Waals surface area contributed by atoms with Crippen LogP contribution in [0.25, 0.3) is 11.1 Å². The lowest BCUT2D eigenvalue weighted by Crippen LogP contribution is -2.33. The molecule has 0 N–H and O–H groups in total. The van der Waals surface area contributed by atoms with Gasteiger partial charge in [0, 0.05) is 16.1 Å². The summed E-state index contributed by atoms with van der Waals surface area (Å²) in [6.07, 6.45) is -5.71. The number of hydrogen-bond donors (Lipinski definition) is 0. The molecule has 0 saturated carbocycles. The van der Waals surface area contributed by atoms with Gasteiger partial charge in [0.05, 0.1) is 11.6 Å². The van der Waals surface area contributed by atoms with Crippen LogP contribution in [0.5, 0.6) is 0 Å². The molecule has 0 aliphatic carbocycles. The zero-order valence-corrected chi connectivity index (χ0v) is 12.4. The highest BCUT2D eigenvalue weighted by atomic mass is 35.5. The Kier molecular flexibility index (Phi) is 4.36. The van der Waals surface area contributed by atoms with Crippen molar-refractivity contribution in [1.29, 1.82) is 5.26 Å². The number of nitrogens with zero attached hydrogens (tertiary/aromatic N) is 1. The second kappa shape index (κ2) is 5.82. The minimum absolute atomic E-state index is 0.0164. The van der Waals surface area contributed by atoms with E-state index in [0.717, 1.165) is 6.07 Å². The molecular weight excluding hydrogens is 337 g/mol. The molecule has 0 fully saturated rings. The Bertz CT molecular complexity index is 790. The first-order valence-corrected chi connectivity index (χ1v) is 6.71. The van der Waals surface area contributed by atoms with Crippen LogP contribution in [0.4, 0.5) is 22.0 Å². The summed E-state index contributed by atoms with van der Waals surface area (Å²) in [5.41, 5.74) is -0.0178. The Morgan fingerprint density at radius 1 is 0.957 bits per heavy atom. The molecule has 0 heterocycles. The van der Waals surface area contributed by atoms with E-state index >= 15 is 0 Å². The molecule has 23 heavy (non-hydrogen) atoms. The highest BCUT2D eigenvalue weighted by Crippen LogP contribution is 2.45. The summed E-state index contributed by atoms with van der Waals surface area (Å²) in [5.74, 6) is -4.99. The third-order valence-electron chi connectivity index (χ3n) is 3.34. The monoisotopic (exact) mass is 345 g/mol. The van der Waals surface area contributed by atoms with Gasteiger partial charge in [0.25, 0.3) is 0 Å². The quantitative estimate of drug-likeness (QED) is 0.627. The molecule has 0 aliphatic heterocycles. The first-order chi connectivity index (χ1) is 10.6. The lowest BCUT2D eigenvalue weighted by Gasteiger charge is -2.21. The van der Waals surface area contributed by atoms with Crippen LogP contribution in [0, 0.1) is 18.3 Å². The summed E-state index contributed by atoms with van der Waals surface area (Å²) in [6.45, 7) is 1.64. The molecule has 0 bridgehead atoms. The van der Waals surface area contributed by atoms with Gasteiger partial charge in [0.1, 0.15) is 0 Å². The van der Waals surface area contributed by atoms with Gasteiger partial charge in [-0.25, -0.2) is 0 Å². The second-order valence-corrected chi connectivity index (χ2v) is 5.32. The Morgan fingerprint density at radius 3 is 2.17 bits per heavy atom. The largest absolute Gasteiger partial charge is 0.458 e. The maximum atomic E-state index is 13.5. The Hall–Kier alpha value is -2.13. The molecule has 0 atom stereocenters. The van der Waals surface area contributed by atoms with E-state index in [9.17, 15) is 22.0 Å². The zero-order chi connectivity index (χ0) is 17.4. The SMILES string of the molecule is Cc1ccc(C#N)cc1-c1cc(C(F)(F)C(F)(F)F)ccc1Cl. The van der Waals surface area contributed by atoms with Crippen molar-refractivity contribution < 1.29 is 22.0 Å². The molecule has 120 valence electrons. The predicted octanol–water partition coefficient (Wildman–Crippen LogP) is 5.84. The number of benzene rings is 2. The van der Waals surface area contributed by atoms with Crippen molar-refractivity contribution >= 4 is 11.6 Å². The molecule has 2 rings (SSSR count). The maximum absolute atomic E-state index is 13.5. The lowest BCUT2D eigenvalue weighted by atomic mass is 9.95. The number of hydrogen-bond acceptors (Lipinski definition) is 1. The standard InChI is InChI=1S/C16H9ClF5N/c1-9-2-3-10(8-23)6-12(9)13-7-11(4-5-14(13)17)15(18,19)16(20,21)22/h2-7H,1H3. The van der Waals surface area contributed by atoms with E-state index in [1.807, 2.05) is 6.07 Å². The number of nitriles is 1. The molecule has 0 amide bonds. The van der Waals surface area contributed by atoms with E-state index in [-0.39, 0.29) is 16.1 Å². The summed E-state index contributed by atoms with van der Waals surface area (Å²) in [4.78, 5) is 0. The molecule has 0 unspecified atom stereocenters. The van der Waals surface area contributed by atoms with Crippen LogP contribution >= 0.6 is 11.6 Å². The summed E-state index contributed by atoms with van der Waals surface area (Å²) >= 11 is 5.95. The van der Waals surface area contributed by atoms with Crippen LogP contribution in [0.1, 0.15) is 16.7 Å². The molecule has 0 saturated heterocycles. The van der Waals surface area contributed by atoms with Crippen molar-refractivity contribution in [3.63, 3.8) is 0 Å². The van der Waals surface area contributed by atoms with E-state index in [1.54, 1.807) is 13.0 Å². The van der Waals surface area contributed by atoms with E-state index in [4.69, 9.17) is 16.9 Å². The molecule has 0 spiro atoms. The fourth-order valence-electron chi connectivity index (χ4n) is 2.07. The van der Waals surface area contributed by atoms with Crippen molar-refractivity contribution in [2.75, 3.05) is 0 Å². The smallest absolute Gasteiger partial charge is 0.192 e. The third-order valence-corrected chi connectivity index (χ3v) is 3.67. The zero-order valence-electron chi connectivity index (χ0n) is 11.7. The van der Waals surface area contributed by atoms with E-state index in [1.165, 1.54) is 12.1 Å². The van der Waals surface area contributed by atoms with Gasteiger partial charge in [-0.3, -0.25) is 0 Å². The number of alkyl halides is 5. The van der Waals surface area contributed by atoms with Crippen molar-refractivity contribution in [3.05, 3.63) is 58.1 Å². The van der Waals surface area contributed by atoms with Crippen molar-refractivity contribution in [2.45, 2.75) is 19.0 Å².